The van der Waals surface area contributed by atoms with Crippen LogP contribution in [0.25, 0.3) is 0 Å². The third-order valence-electron chi connectivity index (χ3n) is 3.41. The number of hydrogen-bond donors (Lipinski definition) is 4. The molecular formula is C16H28N2O6. The third kappa shape index (κ3) is 10.8. The minimum atomic E-state index is -1.81. The van der Waals surface area contributed by atoms with Crippen molar-refractivity contribution in [2.75, 3.05) is 13.1 Å². The molecule has 0 spiro atoms. The Bertz CT molecular complexity index is 438. The Kier molecular flexibility index (Phi) is 11.7. The van der Waals surface area contributed by atoms with Crippen LogP contribution in [0.1, 0.15) is 52.4 Å². The fourth-order valence-electron chi connectivity index (χ4n) is 1.96. The van der Waals surface area contributed by atoms with Crippen molar-refractivity contribution in [1.82, 2.24) is 10.6 Å². The van der Waals surface area contributed by atoms with Gasteiger partial charge in [-0.1, -0.05) is 12.8 Å². The first kappa shape index (κ1) is 22.2. The highest BCUT2D eigenvalue weighted by Gasteiger charge is 2.27. The zero-order valence-electron chi connectivity index (χ0n) is 14.3. The topological polar surface area (TPSA) is 133 Å². The quantitative estimate of drug-likeness (QED) is 0.332. The summed E-state index contributed by atoms with van der Waals surface area (Å²) in [5.41, 5.74) is 0. The number of aliphatic hydroxyl groups excluding tert-OH is 2. The highest BCUT2D eigenvalue weighted by atomic mass is 16.3. The Hall–Kier alpha value is -1.80. The SMILES string of the molecule is CC(=O)CCCCCCC(=O)NCCNC(=O)[C@H](O)[C@@H](O)C(C)=O. The van der Waals surface area contributed by atoms with Crippen molar-refractivity contribution in [3.05, 3.63) is 0 Å². The molecule has 0 heterocycles. The number of Topliss-reactive ketones (excluding diaryl/α,β-unsaturated/α-hetero) is 2. The van der Waals surface area contributed by atoms with Crippen LogP contribution in [0.3, 0.4) is 0 Å². The molecule has 0 aliphatic carbocycles. The summed E-state index contributed by atoms with van der Waals surface area (Å²) in [5.74, 6) is -1.53. The highest BCUT2D eigenvalue weighted by molar-refractivity contribution is 5.90. The molecule has 8 heteroatoms. The molecule has 0 aliphatic rings. The fraction of sp³-hybridized carbons (Fsp3) is 0.750. The molecule has 0 aliphatic heterocycles. The van der Waals surface area contributed by atoms with Crippen LogP contribution in [0.15, 0.2) is 0 Å². The largest absolute Gasteiger partial charge is 0.382 e. The summed E-state index contributed by atoms with van der Waals surface area (Å²) in [6.07, 6.45) is 0.773. The Morgan fingerprint density at radius 1 is 0.792 bits per heavy atom. The van der Waals surface area contributed by atoms with Crippen molar-refractivity contribution in [2.24, 2.45) is 0 Å². The van der Waals surface area contributed by atoms with E-state index in [1.807, 2.05) is 0 Å². The van der Waals surface area contributed by atoms with Gasteiger partial charge in [0.1, 0.15) is 11.9 Å². The zero-order chi connectivity index (χ0) is 18.5. The number of nitrogens with one attached hydrogen (secondary N) is 2. The molecule has 0 aromatic carbocycles. The molecule has 0 unspecified atom stereocenters. The van der Waals surface area contributed by atoms with Gasteiger partial charge in [-0.15, -0.1) is 0 Å². The lowest BCUT2D eigenvalue weighted by Gasteiger charge is -2.15. The van der Waals surface area contributed by atoms with Crippen LogP contribution in [0.2, 0.25) is 0 Å². The van der Waals surface area contributed by atoms with E-state index in [2.05, 4.69) is 10.6 Å². The number of carbonyl (C=O) groups is 4. The summed E-state index contributed by atoms with van der Waals surface area (Å²) in [6.45, 7) is 2.91. The molecular weight excluding hydrogens is 316 g/mol. The van der Waals surface area contributed by atoms with E-state index in [1.54, 1.807) is 6.92 Å². The van der Waals surface area contributed by atoms with Crippen molar-refractivity contribution in [3.63, 3.8) is 0 Å². The van der Waals surface area contributed by atoms with Crippen LogP contribution in [0.5, 0.6) is 0 Å². The first-order valence-corrected chi connectivity index (χ1v) is 8.16. The lowest BCUT2D eigenvalue weighted by Crippen LogP contribution is -2.46. The standard InChI is InChI=1S/C16H28N2O6/c1-11(19)7-5-3-4-6-8-13(21)17-9-10-18-16(24)15(23)14(22)12(2)20/h14-15,22-23H,3-10H2,1-2H3,(H,17,21)(H,18,24)/t14-,15+/m0/s1. The maximum absolute atomic E-state index is 11.5. The maximum atomic E-state index is 11.5. The van der Waals surface area contributed by atoms with Gasteiger partial charge in [0.2, 0.25) is 5.91 Å². The summed E-state index contributed by atoms with van der Waals surface area (Å²) < 4.78 is 0. The van der Waals surface area contributed by atoms with Crippen molar-refractivity contribution in [2.45, 2.75) is 64.6 Å². The second-order valence-electron chi connectivity index (χ2n) is 5.76. The van der Waals surface area contributed by atoms with Crippen LogP contribution < -0.4 is 10.6 Å². The number of unbranched alkanes of at least 4 members (excludes halogenated alkanes) is 3. The molecule has 2 atom stereocenters. The molecule has 0 rings (SSSR count). The van der Waals surface area contributed by atoms with E-state index >= 15 is 0 Å². The number of amides is 2. The van der Waals surface area contributed by atoms with Gasteiger partial charge >= 0.3 is 0 Å². The van der Waals surface area contributed by atoms with Crippen LogP contribution in [0.4, 0.5) is 0 Å². The summed E-state index contributed by atoms with van der Waals surface area (Å²) >= 11 is 0. The normalized spacial score (nSPS) is 13.0. The van der Waals surface area contributed by atoms with E-state index in [4.69, 9.17) is 0 Å². The van der Waals surface area contributed by atoms with E-state index in [0.717, 1.165) is 32.6 Å². The third-order valence-corrected chi connectivity index (χ3v) is 3.41. The van der Waals surface area contributed by atoms with Gasteiger partial charge < -0.3 is 25.6 Å². The lowest BCUT2D eigenvalue weighted by atomic mass is 10.1. The lowest BCUT2D eigenvalue weighted by molar-refractivity contribution is -0.143. The summed E-state index contributed by atoms with van der Waals surface area (Å²) in [6, 6.07) is 0. The Morgan fingerprint density at radius 3 is 1.88 bits per heavy atom. The minimum absolute atomic E-state index is 0.0882. The number of hydrogen-bond acceptors (Lipinski definition) is 6. The summed E-state index contributed by atoms with van der Waals surface area (Å²) in [4.78, 5) is 44.6. The highest BCUT2D eigenvalue weighted by Crippen LogP contribution is 2.05. The zero-order valence-corrected chi connectivity index (χ0v) is 14.3. The van der Waals surface area contributed by atoms with Gasteiger partial charge in [0, 0.05) is 25.9 Å². The van der Waals surface area contributed by atoms with E-state index in [1.165, 1.54) is 0 Å². The van der Waals surface area contributed by atoms with Gasteiger partial charge in [-0.25, -0.2) is 0 Å². The minimum Gasteiger partial charge on any atom is -0.382 e. The second kappa shape index (κ2) is 12.6. The van der Waals surface area contributed by atoms with Crippen molar-refractivity contribution in [1.29, 1.82) is 0 Å². The van der Waals surface area contributed by atoms with Crippen LogP contribution >= 0.6 is 0 Å². The molecule has 4 N–H and O–H groups in total. The molecule has 0 bridgehead atoms. The van der Waals surface area contributed by atoms with Crippen LogP contribution in [0, 0.1) is 0 Å². The van der Waals surface area contributed by atoms with Crippen molar-refractivity contribution in [3.8, 4) is 0 Å². The molecule has 0 saturated carbocycles. The monoisotopic (exact) mass is 344 g/mol. The maximum Gasteiger partial charge on any atom is 0.252 e. The van der Waals surface area contributed by atoms with Crippen LogP contribution in [-0.2, 0) is 19.2 Å². The molecule has 0 saturated heterocycles. The predicted octanol–water partition coefficient (Wildman–Crippen LogP) is -0.541. The van der Waals surface area contributed by atoms with Gasteiger partial charge in [0.05, 0.1) is 0 Å². The Labute approximate surface area is 142 Å². The molecule has 0 radical (unpaired) electrons. The number of carbonyl (C=O) groups excluding carboxylic acids is 4. The molecule has 0 fully saturated rings. The van der Waals surface area contributed by atoms with E-state index in [-0.39, 0.29) is 24.8 Å². The molecule has 2 amide bonds. The van der Waals surface area contributed by atoms with Gasteiger partial charge in [-0.2, -0.15) is 0 Å². The van der Waals surface area contributed by atoms with E-state index < -0.39 is 23.9 Å². The van der Waals surface area contributed by atoms with Gasteiger partial charge in [0.25, 0.3) is 5.91 Å². The summed E-state index contributed by atoms with van der Waals surface area (Å²) in [7, 11) is 0. The van der Waals surface area contributed by atoms with Crippen LogP contribution in [-0.4, -0.2) is 58.9 Å². The molecule has 138 valence electrons. The number of ketones is 2. The van der Waals surface area contributed by atoms with Gasteiger partial charge in [-0.05, 0) is 26.7 Å². The number of aliphatic hydroxyl groups is 2. The average Bonchev–Trinajstić information content (AvgIpc) is 2.52. The predicted molar refractivity (Wildman–Crippen MR) is 87.1 cm³/mol. The first-order valence-electron chi connectivity index (χ1n) is 8.16. The molecule has 8 nitrogen and oxygen atoms in total. The molecule has 0 aromatic heterocycles. The molecule has 24 heavy (non-hydrogen) atoms. The second-order valence-corrected chi connectivity index (χ2v) is 5.76. The summed E-state index contributed by atoms with van der Waals surface area (Å²) in [5, 5.41) is 23.6. The first-order chi connectivity index (χ1) is 11.3. The number of rotatable bonds is 13. The van der Waals surface area contributed by atoms with E-state index in [9.17, 15) is 29.4 Å². The smallest absolute Gasteiger partial charge is 0.252 e. The molecule has 0 aromatic rings. The van der Waals surface area contributed by atoms with Crippen molar-refractivity contribution < 1.29 is 29.4 Å². The van der Waals surface area contributed by atoms with Crippen molar-refractivity contribution >= 4 is 23.4 Å². The van der Waals surface area contributed by atoms with Gasteiger partial charge in [-0.3, -0.25) is 14.4 Å². The average molecular weight is 344 g/mol. The fourth-order valence-corrected chi connectivity index (χ4v) is 1.96. The van der Waals surface area contributed by atoms with Gasteiger partial charge in [0.15, 0.2) is 11.9 Å². The Balaban J connectivity index is 3.66. The van der Waals surface area contributed by atoms with E-state index in [0.29, 0.717) is 12.8 Å². The Morgan fingerprint density at radius 2 is 1.33 bits per heavy atom.